The number of carbonyl (C=O) groups excluding carboxylic acids is 1. The molecule has 3 rings (SSSR count). The number of pyridine rings is 1. The third-order valence-electron chi connectivity index (χ3n) is 5.84. The highest BCUT2D eigenvalue weighted by molar-refractivity contribution is 7.84. The van der Waals surface area contributed by atoms with E-state index in [-0.39, 0.29) is 33.7 Å². The number of amides is 1. The van der Waals surface area contributed by atoms with E-state index >= 15 is 4.39 Å². The molecule has 3 N–H and O–H groups in total. The van der Waals surface area contributed by atoms with Crippen LogP contribution >= 0.6 is 11.6 Å². The van der Waals surface area contributed by atoms with Gasteiger partial charge in [0.15, 0.2) is 5.82 Å². The average Bonchev–Trinajstić information content (AvgIpc) is 2.76. The van der Waals surface area contributed by atoms with Gasteiger partial charge in [-0.25, -0.2) is 13.3 Å². The second-order valence-corrected chi connectivity index (χ2v) is 11.7. The second-order valence-electron chi connectivity index (χ2n) is 9.30. The minimum absolute atomic E-state index is 0.00592. The highest BCUT2D eigenvalue weighted by Crippen LogP contribution is 2.41. The zero-order valence-corrected chi connectivity index (χ0v) is 20.6. The molecule has 1 aliphatic heterocycles. The average molecular weight is 498 g/mol. The quantitative estimate of drug-likeness (QED) is 0.584. The first-order chi connectivity index (χ1) is 15.4. The zero-order valence-electron chi connectivity index (χ0n) is 19.1. The monoisotopic (exact) mass is 497 g/mol. The van der Waals surface area contributed by atoms with Crippen LogP contribution in [0.2, 0.25) is 5.02 Å². The molecule has 7 nitrogen and oxygen atoms in total. The smallest absolute Gasteiger partial charge is 0.255 e. The molecule has 0 radical (unpaired) electrons. The van der Waals surface area contributed by atoms with Gasteiger partial charge in [-0.15, -0.1) is 0 Å². The number of carbonyl (C=O) groups is 1. The predicted molar refractivity (Wildman–Crippen MR) is 127 cm³/mol. The third kappa shape index (κ3) is 5.65. The van der Waals surface area contributed by atoms with Gasteiger partial charge in [-0.3, -0.25) is 9.59 Å². The van der Waals surface area contributed by atoms with Crippen LogP contribution in [0, 0.1) is 18.7 Å². The van der Waals surface area contributed by atoms with Crippen molar-refractivity contribution in [1.29, 1.82) is 0 Å². The first-order valence-electron chi connectivity index (χ1n) is 10.7. The Morgan fingerprint density at radius 2 is 1.97 bits per heavy atom. The lowest BCUT2D eigenvalue weighted by atomic mass is 9.85. The largest absolute Gasteiger partial charge is 0.507 e. The van der Waals surface area contributed by atoms with E-state index in [9.17, 15) is 18.9 Å². The number of hydrogen-bond donors (Lipinski definition) is 3. The molecule has 2 heterocycles. The van der Waals surface area contributed by atoms with Crippen molar-refractivity contribution in [2.75, 3.05) is 13.1 Å². The fourth-order valence-electron chi connectivity index (χ4n) is 3.89. The Morgan fingerprint density at radius 1 is 1.33 bits per heavy atom. The Kier molecular flexibility index (Phi) is 7.65. The van der Waals surface area contributed by atoms with Gasteiger partial charge < -0.3 is 15.0 Å². The summed E-state index contributed by atoms with van der Waals surface area (Å²) in [6.45, 7) is 7.80. The molecular weight excluding hydrogens is 469 g/mol. The van der Waals surface area contributed by atoms with Crippen LogP contribution < -0.4 is 10.3 Å². The molecule has 2 unspecified atom stereocenters. The molecule has 1 aromatic heterocycles. The molecule has 1 saturated heterocycles. The van der Waals surface area contributed by atoms with E-state index < -0.39 is 27.6 Å². The SMILES string of the molecule is Cc1cc(O)c(C(NS(=O)C(C)(C)C)C2CCN(C(=O)c3ccc(=O)[nH]c3)CC2)c(F)c1Cl. The lowest BCUT2D eigenvalue weighted by Gasteiger charge is -2.37. The molecule has 33 heavy (non-hydrogen) atoms. The van der Waals surface area contributed by atoms with Gasteiger partial charge >= 0.3 is 0 Å². The number of benzene rings is 1. The summed E-state index contributed by atoms with van der Waals surface area (Å²) in [6.07, 6.45) is 2.38. The predicted octanol–water partition coefficient (Wildman–Crippen LogP) is 3.83. The van der Waals surface area contributed by atoms with Crippen LogP contribution in [0.5, 0.6) is 5.75 Å². The van der Waals surface area contributed by atoms with Crippen molar-refractivity contribution in [3.63, 3.8) is 0 Å². The van der Waals surface area contributed by atoms with Crippen LogP contribution in [0.3, 0.4) is 0 Å². The minimum atomic E-state index is -1.53. The van der Waals surface area contributed by atoms with E-state index in [1.165, 1.54) is 24.4 Å². The summed E-state index contributed by atoms with van der Waals surface area (Å²) in [5.74, 6) is -1.39. The van der Waals surface area contributed by atoms with Gasteiger partial charge in [0, 0.05) is 30.9 Å². The van der Waals surface area contributed by atoms with Gasteiger partial charge in [0.05, 0.1) is 32.4 Å². The van der Waals surface area contributed by atoms with Gasteiger partial charge in [-0.05, 0) is 64.2 Å². The normalized spacial score (nSPS) is 17.1. The lowest BCUT2D eigenvalue weighted by molar-refractivity contribution is 0.0673. The molecule has 2 aromatic rings. The summed E-state index contributed by atoms with van der Waals surface area (Å²) in [5, 5.41) is 10.5. The molecule has 180 valence electrons. The molecule has 0 saturated carbocycles. The van der Waals surface area contributed by atoms with E-state index in [0.29, 0.717) is 37.1 Å². The van der Waals surface area contributed by atoms with Gasteiger partial charge in [-0.2, -0.15) is 0 Å². The Labute approximate surface area is 199 Å². The van der Waals surface area contributed by atoms with Crippen molar-refractivity contribution >= 4 is 28.5 Å². The highest BCUT2D eigenvalue weighted by Gasteiger charge is 2.36. The van der Waals surface area contributed by atoms with Crippen molar-refractivity contribution in [2.45, 2.75) is 51.3 Å². The van der Waals surface area contributed by atoms with Gasteiger partial charge in [0.25, 0.3) is 5.91 Å². The Bertz CT molecular complexity index is 1100. The molecule has 1 fully saturated rings. The molecule has 1 amide bonds. The number of aromatic nitrogens is 1. The number of phenols is 1. The lowest BCUT2D eigenvalue weighted by Crippen LogP contribution is -2.44. The number of aromatic amines is 1. The number of nitrogens with one attached hydrogen (secondary N) is 2. The standard InChI is InChI=1S/C23H29ClFN3O4S/c1-13-11-16(29)18(20(25)19(13)24)21(27-33(32)23(2,3)4)14-7-9-28(10-8-14)22(31)15-5-6-17(30)26-12-15/h5-6,11-12,14,21,27,29H,7-10H2,1-4H3,(H,26,30). The Hall–Kier alpha value is -2.23. The van der Waals surface area contributed by atoms with Crippen LogP contribution in [0.1, 0.15) is 61.1 Å². The van der Waals surface area contributed by atoms with E-state index in [0.717, 1.165) is 0 Å². The van der Waals surface area contributed by atoms with Crippen LogP contribution in [0.25, 0.3) is 0 Å². The van der Waals surface area contributed by atoms with Crippen LogP contribution in [-0.2, 0) is 11.0 Å². The summed E-state index contributed by atoms with van der Waals surface area (Å²) >= 11 is 6.14. The number of halogens is 2. The van der Waals surface area contributed by atoms with Gasteiger partial charge in [-0.1, -0.05) is 11.6 Å². The van der Waals surface area contributed by atoms with E-state index in [1.807, 2.05) is 0 Å². The summed E-state index contributed by atoms with van der Waals surface area (Å²) < 4.78 is 30.5. The Morgan fingerprint density at radius 3 is 2.52 bits per heavy atom. The van der Waals surface area contributed by atoms with Crippen LogP contribution in [0.15, 0.2) is 29.2 Å². The van der Waals surface area contributed by atoms with E-state index in [1.54, 1.807) is 32.6 Å². The molecule has 2 atom stereocenters. The topological polar surface area (TPSA) is 102 Å². The first kappa shape index (κ1) is 25.4. The summed E-state index contributed by atoms with van der Waals surface area (Å²) in [4.78, 5) is 28.2. The minimum Gasteiger partial charge on any atom is -0.507 e. The summed E-state index contributed by atoms with van der Waals surface area (Å²) in [7, 11) is -1.53. The first-order valence-corrected chi connectivity index (χ1v) is 12.3. The third-order valence-corrected chi connectivity index (χ3v) is 7.88. The van der Waals surface area contributed by atoms with Crippen molar-refractivity contribution < 1.29 is 18.5 Å². The van der Waals surface area contributed by atoms with Gasteiger partial charge in [0.1, 0.15) is 5.75 Å². The number of aryl methyl sites for hydroxylation is 1. The molecule has 0 bridgehead atoms. The van der Waals surface area contributed by atoms with Crippen molar-refractivity contribution in [1.82, 2.24) is 14.6 Å². The molecule has 1 aliphatic rings. The number of nitrogens with zero attached hydrogens (tertiary/aromatic N) is 1. The number of piperidine rings is 1. The van der Waals surface area contributed by atoms with E-state index in [2.05, 4.69) is 9.71 Å². The number of aromatic hydroxyl groups is 1. The van der Waals surface area contributed by atoms with Crippen LogP contribution in [-0.4, -0.2) is 42.9 Å². The number of phenolic OH excluding ortho intramolecular Hbond substituents is 1. The second kappa shape index (κ2) is 9.95. The maximum atomic E-state index is 15.2. The molecular formula is C23H29ClFN3O4S. The van der Waals surface area contributed by atoms with Gasteiger partial charge in [0.2, 0.25) is 5.56 Å². The van der Waals surface area contributed by atoms with Crippen molar-refractivity contribution in [3.8, 4) is 5.75 Å². The summed E-state index contributed by atoms with van der Waals surface area (Å²) in [5.41, 5.74) is 0.497. The molecule has 1 aromatic carbocycles. The number of rotatable bonds is 5. The van der Waals surface area contributed by atoms with Crippen LogP contribution in [0.4, 0.5) is 4.39 Å². The fourth-order valence-corrected chi connectivity index (χ4v) is 4.94. The van der Waals surface area contributed by atoms with Crippen molar-refractivity contribution in [3.05, 3.63) is 62.3 Å². The number of hydrogen-bond acceptors (Lipinski definition) is 4. The maximum Gasteiger partial charge on any atom is 0.255 e. The maximum absolute atomic E-state index is 15.2. The molecule has 0 aliphatic carbocycles. The molecule has 10 heteroatoms. The zero-order chi connectivity index (χ0) is 24.5. The summed E-state index contributed by atoms with van der Waals surface area (Å²) in [6, 6.07) is 3.43. The van der Waals surface area contributed by atoms with E-state index in [4.69, 9.17) is 11.6 Å². The number of H-pyrrole nitrogens is 1. The Balaban J connectivity index is 1.86. The van der Waals surface area contributed by atoms with Crippen molar-refractivity contribution in [2.24, 2.45) is 5.92 Å². The number of likely N-dealkylation sites (tertiary alicyclic amines) is 1. The fraction of sp³-hybridized carbons (Fsp3) is 0.478. The highest BCUT2D eigenvalue weighted by atomic mass is 35.5. The molecule has 0 spiro atoms.